The standard InChI is InChI=1S/C16H14BrFN2O/c1-16(2,3)15-19-11(8-14(17)20-15)13-7-9-6-10(18)4-5-12(9)21-13/h4-8H,1-3H3. The van der Waals surface area contributed by atoms with Crippen LogP contribution in [0.3, 0.4) is 0 Å². The van der Waals surface area contributed by atoms with E-state index >= 15 is 0 Å². The van der Waals surface area contributed by atoms with Crippen molar-refractivity contribution in [3.8, 4) is 11.5 Å². The van der Waals surface area contributed by atoms with E-state index in [0.29, 0.717) is 21.6 Å². The van der Waals surface area contributed by atoms with Crippen molar-refractivity contribution in [2.24, 2.45) is 0 Å². The van der Waals surface area contributed by atoms with Crippen LogP contribution < -0.4 is 0 Å². The maximum atomic E-state index is 13.3. The molecule has 0 N–H and O–H groups in total. The Morgan fingerprint density at radius 3 is 2.57 bits per heavy atom. The summed E-state index contributed by atoms with van der Waals surface area (Å²) in [6, 6.07) is 8.04. The molecule has 2 aromatic heterocycles. The summed E-state index contributed by atoms with van der Waals surface area (Å²) in [5, 5.41) is 0.719. The van der Waals surface area contributed by atoms with E-state index in [1.54, 1.807) is 18.2 Å². The van der Waals surface area contributed by atoms with E-state index in [1.165, 1.54) is 12.1 Å². The lowest BCUT2D eigenvalue weighted by molar-refractivity contribution is 0.542. The van der Waals surface area contributed by atoms with Crippen molar-refractivity contribution in [2.45, 2.75) is 26.2 Å². The Kier molecular flexibility index (Phi) is 3.32. The second kappa shape index (κ2) is 4.91. The first-order chi connectivity index (χ1) is 9.83. The Labute approximate surface area is 130 Å². The Morgan fingerprint density at radius 1 is 1.10 bits per heavy atom. The molecule has 0 radical (unpaired) electrons. The Morgan fingerprint density at radius 2 is 1.86 bits per heavy atom. The Hall–Kier alpha value is -1.75. The number of fused-ring (bicyclic) bond motifs is 1. The lowest BCUT2D eigenvalue weighted by atomic mass is 9.95. The third kappa shape index (κ3) is 2.83. The number of rotatable bonds is 1. The van der Waals surface area contributed by atoms with E-state index in [4.69, 9.17) is 4.42 Å². The topological polar surface area (TPSA) is 38.9 Å². The van der Waals surface area contributed by atoms with Gasteiger partial charge in [-0.25, -0.2) is 14.4 Å². The van der Waals surface area contributed by atoms with Crippen molar-refractivity contribution in [3.63, 3.8) is 0 Å². The van der Waals surface area contributed by atoms with Gasteiger partial charge in [0.2, 0.25) is 0 Å². The zero-order valence-electron chi connectivity index (χ0n) is 11.9. The highest BCUT2D eigenvalue weighted by Gasteiger charge is 2.20. The van der Waals surface area contributed by atoms with Crippen LogP contribution in [0, 0.1) is 5.82 Å². The van der Waals surface area contributed by atoms with Gasteiger partial charge in [-0.3, -0.25) is 0 Å². The first-order valence-corrected chi connectivity index (χ1v) is 7.37. The average Bonchev–Trinajstić information content (AvgIpc) is 2.80. The highest BCUT2D eigenvalue weighted by Crippen LogP contribution is 2.30. The first-order valence-electron chi connectivity index (χ1n) is 6.57. The van der Waals surface area contributed by atoms with E-state index in [0.717, 1.165) is 11.2 Å². The zero-order chi connectivity index (χ0) is 15.2. The lowest BCUT2D eigenvalue weighted by Crippen LogP contribution is -2.16. The summed E-state index contributed by atoms with van der Waals surface area (Å²) in [7, 11) is 0. The molecule has 3 rings (SSSR count). The molecule has 0 fully saturated rings. The number of benzene rings is 1. The molecule has 0 saturated heterocycles. The number of halogens is 2. The molecule has 0 saturated carbocycles. The quantitative estimate of drug-likeness (QED) is 0.575. The van der Waals surface area contributed by atoms with Crippen LogP contribution in [0.25, 0.3) is 22.4 Å². The number of nitrogens with zero attached hydrogens (tertiary/aromatic N) is 2. The summed E-state index contributed by atoms with van der Waals surface area (Å²) in [5.41, 5.74) is 1.15. The van der Waals surface area contributed by atoms with Gasteiger partial charge in [0.1, 0.15) is 27.5 Å². The van der Waals surface area contributed by atoms with Crippen molar-refractivity contribution in [3.05, 3.63) is 46.6 Å². The highest BCUT2D eigenvalue weighted by atomic mass is 79.9. The second-order valence-electron chi connectivity index (χ2n) is 5.94. The van der Waals surface area contributed by atoms with Gasteiger partial charge in [-0.15, -0.1) is 0 Å². The largest absolute Gasteiger partial charge is 0.454 e. The number of hydrogen-bond donors (Lipinski definition) is 0. The molecule has 0 amide bonds. The SMILES string of the molecule is CC(C)(C)c1nc(Br)cc(-c2cc3cc(F)ccc3o2)n1. The van der Waals surface area contributed by atoms with Crippen LogP contribution in [0.2, 0.25) is 0 Å². The van der Waals surface area contributed by atoms with Crippen LogP contribution in [0.5, 0.6) is 0 Å². The maximum Gasteiger partial charge on any atom is 0.153 e. The van der Waals surface area contributed by atoms with Crippen LogP contribution in [0.1, 0.15) is 26.6 Å². The predicted octanol–water partition coefficient (Wildman–Crippen LogP) is 5.09. The van der Waals surface area contributed by atoms with Gasteiger partial charge in [0.15, 0.2) is 5.76 Å². The third-order valence-corrected chi connectivity index (χ3v) is 3.50. The fourth-order valence-corrected chi connectivity index (χ4v) is 2.40. The van der Waals surface area contributed by atoms with E-state index < -0.39 is 0 Å². The van der Waals surface area contributed by atoms with Crippen molar-refractivity contribution in [1.29, 1.82) is 0 Å². The van der Waals surface area contributed by atoms with E-state index in [1.807, 2.05) is 20.8 Å². The highest BCUT2D eigenvalue weighted by molar-refractivity contribution is 9.10. The van der Waals surface area contributed by atoms with E-state index in [-0.39, 0.29) is 11.2 Å². The summed E-state index contributed by atoms with van der Waals surface area (Å²) in [4.78, 5) is 8.97. The van der Waals surface area contributed by atoms with Gasteiger partial charge >= 0.3 is 0 Å². The van der Waals surface area contributed by atoms with Crippen molar-refractivity contribution >= 4 is 26.9 Å². The van der Waals surface area contributed by atoms with Gasteiger partial charge in [-0.1, -0.05) is 20.8 Å². The summed E-state index contributed by atoms with van der Waals surface area (Å²) in [6.07, 6.45) is 0. The predicted molar refractivity (Wildman–Crippen MR) is 83.6 cm³/mol. The summed E-state index contributed by atoms with van der Waals surface area (Å²) in [6.45, 7) is 6.14. The molecule has 0 bridgehead atoms. The molecule has 21 heavy (non-hydrogen) atoms. The number of hydrogen-bond acceptors (Lipinski definition) is 3. The molecule has 3 aromatic rings. The molecule has 0 aliphatic heterocycles. The van der Waals surface area contributed by atoms with Crippen molar-refractivity contribution in [2.75, 3.05) is 0 Å². The van der Waals surface area contributed by atoms with Gasteiger partial charge < -0.3 is 4.42 Å². The van der Waals surface area contributed by atoms with Crippen LogP contribution >= 0.6 is 15.9 Å². The van der Waals surface area contributed by atoms with Crippen LogP contribution in [0.15, 0.2) is 39.4 Å². The summed E-state index contributed by atoms with van der Waals surface area (Å²) in [5.74, 6) is 1.04. The Bertz CT molecular complexity index is 821. The second-order valence-corrected chi connectivity index (χ2v) is 6.75. The van der Waals surface area contributed by atoms with Gasteiger partial charge in [-0.2, -0.15) is 0 Å². The van der Waals surface area contributed by atoms with Crippen LogP contribution in [0.4, 0.5) is 4.39 Å². The van der Waals surface area contributed by atoms with Gasteiger partial charge in [0, 0.05) is 16.9 Å². The van der Waals surface area contributed by atoms with Gasteiger partial charge in [0.05, 0.1) is 0 Å². The maximum absolute atomic E-state index is 13.3. The lowest BCUT2D eigenvalue weighted by Gasteiger charge is -2.17. The van der Waals surface area contributed by atoms with Crippen LogP contribution in [-0.2, 0) is 5.41 Å². The first kappa shape index (κ1) is 14.2. The molecule has 3 nitrogen and oxygen atoms in total. The van der Waals surface area contributed by atoms with E-state index in [2.05, 4.69) is 25.9 Å². The van der Waals surface area contributed by atoms with Crippen LogP contribution in [-0.4, -0.2) is 9.97 Å². The molecule has 1 aromatic carbocycles. The zero-order valence-corrected chi connectivity index (χ0v) is 13.5. The molecule has 0 aliphatic rings. The molecule has 0 spiro atoms. The Balaban J connectivity index is 2.16. The van der Waals surface area contributed by atoms with Gasteiger partial charge in [0.25, 0.3) is 0 Å². The normalized spacial score (nSPS) is 12.0. The fourth-order valence-electron chi connectivity index (χ4n) is 2.02. The van der Waals surface area contributed by atoms with Crippen molar-refractivity contribution in [1.82, 2.24) is 9.97 Å². The fraction of sp³-hybridized carbons (Fsp3) is 0.250. The minimum absolute atomic E-state index is 0.170. The summed E-state index contributed by atoms with van der Waals surface area (Å²) >= 11 is 3.41. The molecular weight excluding hydrogens is 335 g/mol. The average molecular weight is 349 g/mol. The minimum Gasteiger partial charge on any atom is -0.454 e. The minimum atomic E-state index is -0.283. The molecule has 2 heterocycles. The molecule has 0 unspecified atom stereocenters. The van der Waals surface area contributed by atoms with E-state index in [9.17, 15) is 4.39 Å². The number of furan rings is 1. The van der Waals surface area contributed by atoms with Crippen molar-refractivity contribution < 1.29 is 8.81 Å². The molecular formula is C16H14BrFN2O. The smallest absolute Gasteiger partial charge is 0.153 e. The molecule has 5 heteroatoms. The summed E-state index contributed by atoms with van der Waals surface area (Å²) < 4.78 is 19.7. The third-order valence-electron chi connectivity index (χ3n) is 3.10. The molecule has 0 atom stereocenters. The number of aromatic nitrogens is 2. The molecule has 0 aliphatic carbocycles. The molecule has 108 valence electrons. The van der Waals surface area contributed by atoms with Gasteiger partial charge in [-0.05, 0) is 40.2 Å². The monoisotopic (exact) mass is 348 g/mol.